The smallest absolute Gasteiger partial charge is 0.345 e. The Morgan fingerprint density at radius 1 is 1.58 bits per heavy atom. The summed E-state index contributed by atoms with van der Waals surface area (Å²) < 4.78 is 25.5. The summed E-state index contributed by atoms with van der Waals surface area (Å²) >= 11 is 0.881. The summed E-state index contributed by atoms with van der Waals surface area (Å²) in [6, 6.07) is 1.15. The van der Waals surface area contributed by atoms with Crippen molar-refractivity contribution in [1.29, 1.82) is 0 Å². The molecule has 2 heterocycles. The highest BCUT2D eigenvalue weighted by Crippen LogP contribution is 2.22. The Morgan fingerprint density at radius 2 is 2.32 bits per heavy atom. The lowest BCUT2D eigenvalue weighted by atomic mass is 10.5. The van der Waals surface area contributed by atoms with Crippen LogP contribution < -0.4 is 0 Å². The molecule has 0 unspecified atom stereocenters. The van der Waals surface area contributed by atoms with Crippen LogP contribution in [0.3, 0.4) is 0 Å². The zero-order chi connectivity index (χ0) is 14.0. The first-order valence-corrected chi connectivity index (χ1v) is 7.49. The number of imidazole rings is 1. The largest absolute Gasteiger partial charge is 0.477 e. The fraction of sp³-hybridized carbons (Fsp3) is 0.200. The minimum Gasteiger partial charge on any atom is -0.477 e. The molecule has 2 aromatic rings. The van der Waals surface area contributed by atoms with E-state index in [0.717, 1.165) is 21.7 Å². The number of hydrogen-bond acceptors (Lipinski definition) is 5. The van der Waals surface area contributed by atoms with Gasteiger partial charge in [-0.3, -0.25) is 0 Å². The summed E-state index contributed by atoms with van der Waals surface area (Å²) in [6.07, 6.45) is 3.13. The highest BCUT2D eigenvalue weighted by molar-refractivity contribution is 7.89. The minimum atomic E-state index is -3.71. The Balaban J connectivity index is 2.23. The topological polar surface area (TPSA) is 103 Å². The molecule has 102 valence electrons. The predicted octanol–water partition coefficient (Wildman–Crippen LogP) is 0.990. The van der Waals surface area contributed by atoms with Gasteiger partial charge in [-0.05, 0) is 6.07 Å². The first kappa shape index (κ1) is 13.7. The van der Waals surface area contributed by atoms with Crippen molar-refractivity contribution in [1.82, 2.24) is 14.3 Å². The molecule has 0 bridgehead atoms. The Bertz CT molecular complexity index is 675. The molecule has 19 heavy (non-hydrogen) atoms. The van der Waals surface area contributed by atoms with Gasteiger partial charge in [0, 0.05) is 24.8 Å². The second-order valence-electron chi connectivity index (χ2n) is 3.75. The van der Waals surface area contributed by atoms with E-state index in [0.29, 0.717) is 5.82 Å². The van der Waals surface area contributed by atoms with Gasteiger partial charge < -0.3 is 10.1 Å². The summed E-state index contributed by atoms with van der Waals surface area (Å²) in [7, 11) is -2.29. The maximum absolute atomic E-state index is 12.2. The predicted molar refractivity (Wildman–Crippen MR) is 68.5 cm³/mol. The van der Waals surface area contributed by atoms with Crippen LogP contribution in [-0.4, -0.2) is 40.8 Å². The summed E-state index contributed by atoms with van der Waals surface area (Å²) in [5, 5.41) is 10.1. The molecule has 0 aliphatic heterocycles. The number of aromatic carboxylic acids is 1. The Morgan fingerprint density at radius 3 is 2.84 bits per heavy atom. The molecule has 0 aliphatic carbocycles. The number of nitrogens with zero attached hydrogens (tertiary/aromatic N) is 2. The molecule has 2 rings (SSSR count). The van der Waals surface area contributed by atoms with Gasteiger partial charge in [0.2, 0.25) is 10.0 Å². The molecule has 7 nitrogen and oxygen atoms in total. The number of aromatic amines is 1. The van der Waals surface area contributed by atoms with Crippen LogP contribution in [0.4, 0.5) is 0 Å². The third-order valence-electron chi connectivity index (χ3n) is 2.42. The SMILES string of the molecule is CN(Cc1ncc[nH]1)S(=O)(=O)c1csc(C(=O)O)c1. The molecule has 9 heteroatoms. The number of hydrogen-bond donors (Lipinski definition) is 2. The number of H-pyrrole nitrogens is 1. The molecule has 0 amide bonds. The lowest BCUT2D eigenvalue weighted by molar-refractivity contribution is 0.0702. The van der Waals surface area contributed by atoms with Crippen LogP contribution in [0.25, 0.3) is 0 Å². The standard InChI is InChI=1S/C10H11N3O4S2/c1-13(5-9-11-2-3-12-9)19(16,17)7-4-8(10(14)15)18-6-7/h2-4,6H,5H2,1H3,(H,11,12)(H,14,15). The normalized spacial score (nSPS) is 11.9. The van der Waals surface area contributed by atoms with Crippen molar-refractivity contribution in [2.45, 2.75) is 11.4 Å². The molecular weight excluding hydrogens is 290 g/mol. The van der Waals surface area contributed by atoms with Gasteiger partial charge in [-0.15, -0.1) is 11.3 Å². The van der Waals surface area contributed by atoms with Gasteiger partial charge in [-0.2, -0.15) is 4.31 Å². The maximum Gasteiger partial charge on any atom is 0.345 e. The molecular formula is C10H11N3O4S2. The molecule has 0 spiro atoms. The van der Waals surface area contributed by atoms with Crippen LogP contribution in [0.1, 0.15) is 15.5 Å². The van der Waals surface area contributed by atoms with Crippen LogP contribution in [0.2, 0.25) is 0 Å². The van der Waals surface area contributed by atoms with Crippen LogP contribution in [0.15, 0.2) is 28.7 Å². The summed E-state index contributed by atoms with van der Waals surface area (Å²) in [4.78, 5) is 17.5. The fourth-order valence-electron chi connectivity index (χ4n) is 1.43. The molecule has 2 aromatic heterocycles. The first-order chi connectivity index (χ1) is 8.91. The van der Waals surface area contributed by atoms with Gasteiger partial charge in [-0.1, -0.05) is 0 Å². The number of nitrogens with one attached hydrogen (secondary N) is 1. The van der Waals surface area contributed by atoms with Crippen molar-refractivity contribution in [3.63, 3.8) is 0 Å². The van der Waals surface area contributed by atoms with Crippen molar-refractivity contribution >= 4 is 27.3 Å². The number of rotatable bonds is 5. The average Bonchev–Trinajstić information content (AvgIpc) is 2.99. The molecule has 0 aromatic carbocycles. The lowest BCUT2D eigenvalue weighted by Crippen LogP contribution is -2.26. The van der Waals surface area contributed by atoms with Gasteiger partial charge in [-0.25, -0.2) is 18.2 Å². The van der Waals surface area contributed by atoms with Crippen LogP contribution in [0, 0.1) is 0 Å². The van der Waals surface area contributed by atoms with Gasteiger partial charge in [0.15, 0.2) is 0 Å². The summed E-state index contributed by atoms with van der Waals surface area (Å²) in [6.45, 7) is 0.0909. The van der Waals surface area contributed by atoms with E-state index in [4.69, 9.17) is 5.11 Å². The first-order valence-electron chi connectivity index (χ1n) is 5.17. The molecule has 2 N–H and O–H groups in total. The van der Waals surface area contributed by atoms with Gasteiger partial charge in [0.05, 0.1) is 11.4 Å². The van der Waals surface area contributed by atoms with E-state index in [1.807, 2.05) is 0 Å². The lowest BCUT2D eigenvalue weighted by Gasteiger charge is -2.14. The Kier molecular flexibility index (Phi) is 3.69. The van der Waals surface area contributed by atoms with Crippen molar-refractivity contribution in [3.05, 3.63) is 34.5 Å². The molecule has 0 saturated carbocycles. The number of carboxylic acids is 1. The third kappa shape index (κ3) is 2.83. The second kappa shape index (κ2) is 5.11. The molecule has 0 radical (unpaired) electrons. The van der Waals surface area contributed by atoms with Crippen LogP contribution in [0.5, 0.6) is 0 Å². The number of carboxylic acid groups (broad SMARTS) is 1. The average molecular weight is 301 g/mol. The Labute approximate surface area is 113 Å². The molecule has 0 fully saturated rings. The highest BCUT2D eigenvalue weighted by Gasteiger charge is 2.24. The third-order valence-corrected chi connectivity index (χ3v) is 5.27. The van der Waals surface area contributed by atoms with Gasteiger partial charge >= 0.3 is 5.97 Å². The van der Waals surface area contributed by atoms with Crippen LogP contribution in [-0.2, 0) is 16.6 Å². The summed E-state index contributed by atoms with van der Waals surface area (Å²) in [5.74, 6) is -0.625. The molecule has 0 saturated heterocycles. The van der Waals surface area contributed by atoms with Crippen molar-refractivity contribution < 1.29 is 18.3 Å². The number of aromatic nitrogens is 2. The van der Waals surface area contributed by atoms with E-state index >= 15 is 0 Å². The minimum absolute atomic E-state index is 0.00928. The fourth-order valence-corrected chi connectivity index (χ4v) is 3.66. The van der Waals surface area contributed by atoms with Crippen molar-refractivity contribution in [2.24, 2.45) is 0 Å². The number of thiophene rings is 1. The number of sulfonamides is 1. The zero-order valence-corrected chi connectivity index (χ0v) is 11.5. The second-order valence-corrected chi connectivity index (χ2v) is 6.70. The highest BCUT2D eigenvalue weighted by atomic mass is 32.2. The van der Waals surface area contributed by atoms with Gasteiger partial charge in [0.25, 0.3) is 0 Å². The maximum atomic E-state index is 12.2. The van der Waals surface area contributed by atoms with Crippen molar-refractivity contribution in [3.8, 4) is 0 Å². The quantitative estimate of drug-likeness (QED) is 0.857. The van der Waals surface area contributed by atoms with E-state index < -0.39 is 16.0 Å². The van der Waals surface area contributed by atoms with E-state index in [9.17, 15) is 13.2 Å². The number of carbonyl (C=O) groups is 1. The van der Waals surface area contributed by atoms with E-state index in [1.165, 1.54) is 18.6 Å². The van der Waals surface area contributed by atoms with Crippen LogP contribution >= 0.6 is 11.3 Å². The van der Waals surface area contributed by atoms with Crippen molar-refractivity contribution in [2.75, 3.05) is 7.05 Å². The van der Waals surface area contributed by atoms with Gasteiger partial charge in [0.1, 0.15) is 10.7 Å². The summed E-state index contributed by atoms with van der Waals surface area (Å²) in [5.41, 5.74) is 0. The molecule has 0 aliphatic rings. The van der Waals surface area contributed by atoms with E-state index in [-0.39, 0.29) is 16.3 Å². The molecule has 0 atom stereocenters. The monoisotopic (exact) mass is 301 g/mol. The van der Waals surface area contributed by atoms with E-state index in [1.54, 1.807) is 6.20 Å². The Hall–Kier alpha value is -1.71. The zero-order valence-electron chi connectivity index (χ0n) is 9.90. The van der Waals surface area contributed by atoms with E-state index in [2.05, 4.69) is 9.97 Å².